The highest BCUT2D eigenvalue weighted by molar-refractivity contribution is 5.83. The third kappa shape index (κ3) is 10.4. The number of esters is 1. The van der Waals surface area contributed by atoms with Crippen LogP contribution in [-0.2, 0) is 4.79 Å². The van der Waals surface area contributed by atoms with Gasteiger partial charge < -0.3 is 9.47 Å². The molecular formula is C25H25F3O3. The van der Waals surface area contributed by atoms with Gasteiger partial charge >= 0.3 is 12.1 Å². The number of unbranched alkanes of at least 4 members (excludes halogenated alkanes) is 2. The monoisotopic (exact) mass is 430 g/mol. The van der Waals surface area contributed by atoms with Crippen molar-refractivity contribution < 1.29 is 27.4 Å². The Bertz CT molecular complexity index is 902. The predicted molar refractivity (Wildman–Crippen MR) is 114 cm³/mol. The van der Waals surface area contributed by atoms with Crippen molar-refractivity contribution >= 4 is 5.97 Å². The summed E-state index contributed by atoms with van der Waals surface area (Å²) in [6, 6.07) is 13.7. The van der Waals surface area contributed by atoms with E-state index in [9.17, 15) is 18.0 Å². The second kappa shape index (κ2) is 12.5. The Morgan fingerprint density at radius 3 is 2.06 bits per heavy atom. The predicted octanol–water partition coefficient (Wildman–Crippen LogP) is 6.46. The molecule has 2 aromatic rings. The zero-order chi connectivity index (χ0) is 22.5. The Kier molecular flexibility index (Phi) is 9.70. The third-order valence-corrected chi connectivity index (χ3v) is 4.13. The van der Waals surface area contributed by atoms with Crippen molar-refractivity contribution in [2.45, 2.75) is 45.2 Å². The number of allylic oxidation sites excluding steroid dienone is 1. The summed E-state index contributed by atoms with van der Waals surface area (Å²) in [6.45, 7) is 2.10. The van der Waals surface area contributed by atoms with Crippen LogP contribution in [0.25, 0.3) is 0 Å². The van der Waals surface area contributed by atoms with Gasteiger partial charge in [-0.3, -0.25) is 0 Å². The standard InChI is InChI=1S/C25H25F3O3/c1-2-3-4-5-7-24(29)31-23-16-12-21(13-17-23)9-8-20-10-14-22(15-11-20)30-19-6-18-25(26,27)28/h5,7,10-17H,2-4,6,18-19H2,1H3/b7-5+. The topological polar surface area (TPSA) is 35.5 Å². The van der Waals surface area contributed by atoms with E-state index in [4.69, 9.17) is 9.47 Å². The van der Waals surface area contributed by atoms with Crippen molar-refractivity contribution in [2.24, 2.45) is 0 Å². The Hall–Kier alpha value is -3.20. The molecule has 0 bridgehead atoms. The molecule has 2 aromatic carbocycles. The Morgan fingerprint density at radius 1 is 0.935 bits per heavy atom. The SMILES string of the molecule is CCCC/C=C/C(=O)Oc1ccc(C#Cc2ccc(OCCCC(F)(F)F)cc2)cc1. The van der Waals surface area contributed by atoms with Crippen LogP contribution in [0.1, 0.15) is 50.2 Å². The van der Waals surface area contributed by atoms with Gasteiger partial charge in [-0.2, -0.15) is 13.2 Å². The maximum atomic E-state index is 12.1. The summed E-state index contributed by atoms with van der Waals surface area (Å²) in [6.07, 6.45) is 1.12. The Labute approximate surface area is 180 Å². The first-order valence-electron chi connectivity index (χ1n) is 10.2. The van der Waals surface area contributed by atoms with Crippen molar-refractivity contribution in [3.8, 4) is 23.3 Å². The van der Waals surface area contributed by atoms with Crippen LogP contribution in [-0.4, -0.2) is 18.8 Å². The summed E-state index contributed by atoms with van der Waals surface area (Å²) in [4.78, 5) is 11.7. The molecule has 0 atom stereocenters. The molecule has 0 heterocycles. The lowest BCUT2D eigenvalue weighted by atomic mass is 10.2. The van der Waals surface area contributed by atoms with Gasteiger partial charge in [-0.1, -0.05) is 37.7 Å². The molecule has 0 saturated carbocycles. The first-order valence-corrected chi connectivity index (χ1v) is 10.2. The van der Waals surface area contributed by atoms with Crippen LogP contribution >= 0.6 is 0 Å². The molecule has 0 aliphatic carbocycles. The summed E-state index contributed by atoms with van der Waals surface area (Å²) in [5.74, 6) is 6.55. The van der Waals surface area contributed by atoms with Gasteiger partial charge in [-0.25, -0.2) is 4.79 Å². The second-order valence-corrected chi connectivity index (χ2v) is 6.83. The highest BCUT2D eigenvalue weighted by Gasteiger charge is 2.26. The Morgan fingerprint density at radius 2 is 1.52 bits per heavy atom. The summed E-state index contributed by atoms with van der Waals surface area (Å²) in [7, 11) is 0. The van der Waals surface area contributed by atoms with Gasteiger partial charge in [0.05, 0.1) is 6.61 Å². The minimum absolute atomic E-state index is 0.00991. The van der Waals surface area contributed by atoms with Crippen LogP contribution in [0, 0.1) is 11.8 Å². The van der Waals surface area contributed by atoms with Crippen LogP contribution in [0.2, 0.25) is 0 Å². The molecule has 0 aliphatic heterocycles. The van der Waals surface area contributed by atoms with Crippen LogP contribution < -0.4 is 9.47 Å². The Balaban J connectivity index is 1.82. The first-order chi connectivity index (χ1) is 14.9. The van der Waals surface area contributed by atoms with Crippen molar-refractivity contribution in [1.29, 1.82) is 0 Å². The van der Waals surface area contributed by atoms with E-state index in [-0.39, 0.29) is 13.0 Å². The average molecular weight is 430 g/mol. The van der Waals surface area contributed by atoms with E-state index in [1.807, 2.05) is 6.08 Å². The van der Waals surface area contributed by atoms with Gasteiger partial charge in [0.2, 0.25) is 0 Å². The maximum Gasteiger partial charge on any atom is 0.389 e. The molecule has 0 spiro atoms. The lowest BCUT2D eigenvalue weighted by Gasteiger charge is -2.08. The van der Waals surface area contributed by atoms with E-state index in [1.165, 1.54) is 6.08 Å². The molecule has 31 heavy (non-hydrogen) atoms. The van der Waals surface area contributed by atoms with E-state index in [0.29, 0.717) is 11.5 Å². The minimum atomic E-state index is -4.16. The van der Waals surface area contributed by atoms with E-state index in [2.05, 4.69) is 18.8 Å². The quantitative estimate of drug-likeness (QED) is 0.151. The molecule has 3 nitrogen and oxygen atoms in total. The van der Waals surface area contributed by atoms with E-state index < -0.39 is 18.6 Å². The molecule has 6 heteroatoms. The molecule has 0 amide bonds. The van der Waals surface area contributed by atoms with E-state index in [1.54, 1.807) is 48.5 Å². The molecule has 0 saturated heterocycles. The highest BCUT2D eigenvalue weighted by atomic mass is 19.4. The molecule has 0 fully saturated rings. The summed E-state index contributed by atoms with van der Waals surface area (Å²) in [5.41, 5.74) is 1.50. The number of alkyl halides is 3. The van der Waals surface area contributed by atoms with Gasteiger partial charge in [0.25, 0.3) is 0 Å². The van der Waals surface area contributed by atoms with Crippen LogP contribution in [0.5, 0.6) is 11.5 Å². The fourth-order valence-corrected chi connectivity index (χ4v) is 2.50. The molecule has 0 N–H and O–H groups in total. The first kappa shape index (κ1) is 24.1. The molecule has 0 aromatic heterocycles. The van der Waals surface area contributed by atoms with Crippen molar-refractivity contribution in [2.75, 3.05) is 6.61 Å². The molecule has 2 rings (SSSR count). The fraction of sp³-hybridized carbons (Fsp3) is 0.320. The van der Waals surface area contributed by atoms with Crippen LogP contribution in [0.4, 0.5) is 13.2 Å². The van der Waals surface area contributed by atoms with Gasteiger partial charge in [0.15, 0.2) is 0 Å². The summed E-state index contributed by atoms with van der Waals surface area (Å²) >= 11 is 0. The number of carbonyl (C=O) groups is 1. The minimum Gasteiger partial charge on any atom is -0.494 e. The number of rotatable bonds is 9. The number of benzene rings is 2. The number of hydrogen-bond acceptors (Lipinski definition) is 3. The van der Waals surface area contributed by atoms with Crippen LogP contribution in [0.3, 0.4) is 0 Å². The highest BCUT2D eigenvalue weighted by Crippen LogP contribution is 2.21. The van der Waals surface area contributed by atoms with Crippen molar-refractivity contribution in [1.82, 2.24) is 0 Å². The molecular weight excluding hydrogens is 405 g/mol. The number of halogens is 3. The summed E-state index contributed by atoms with van der Waals surface area (Å²) in [5, 5.41) is 0. The maximum absolute atomic E-state index is 12.1. The zero-order valence-corrected chi connectivity index (χ0v) is 17.4. The largest absolute Gasteiger partial charge is 0.494 e. The fourth-order valence-electron chi connectivity index (χ4n) is 2.50. The smallest absolute Gasteiger partial charge is 0.389 e. The lowest BCUT2D eigenvalue weighted by Crippen LogP contribution is -2.09. The number of hydrogen-bond donors (Lipinski definition) is 0. The molecule has 0 aliphatic rings. The van der Waals surface area contributed by atoms with Crippen molar-refractivity contribution in [3.05, 3.63) is 71.8 Å². The van der Waals surface area contributed by atoms with E-state index in [0.717, 1.165) is 30.4 Å². The van der Waals surface area contributed by atoms with Gasteiger partial charge in [-0.05, 0) is 61.4 Å². The van der Waals surface area contributed by atoms with Gasteiger partial charge in [0.1, 0.15) is 11.5 Å². The van der Waals surface area contributed by atoms with Gasteiger partial charge in [-0.15, -0.1) is 0 Å². The molecule has 164 valence electrons. The zero-order valence-electron chi connectivity index (χ0n) is 17.4. The molecule has 0 radical (unpaired) electrons. The van der Waals surface area contributed by atoms with E-state index >= 15 is 0 Å². The van der Waals surface area contributed by atoms with Crippen molar-refractivity contribution in [3.63, 3.8) is 0 Å². The average Bonchev–Trinajstić information content (AvgIpc) is 2.74. The second-order valence-electron chi connectivity index (χ2n) is 6.83. The molecule has 0 unspecified atom stereocenters. The normalized spacial score (nSPS) is 11.1. The van der Waals surface area contributed by atoms with Crippen LogP contribution in [0.15, 0.2) is 60.7 Å². The number of ether oxygens (including phenoxy) is 2. The van der Waals surface area contributed by atoms with Gasteiger partial charge in [0, 0.05) is 23.6 Å². The number of carbonyl (C=O) groups excluding carboxylic acids is 1. The lowest BCUT2D eigenvalue weighted by molar-refractivity contribution is -0.136. The third-order valence-electron chi connectivity index (χ3n) is 4.13. The summed E-state index contributed by atoms with van der Waals surface area (Å²) < 4.78 is 46.9.